The Hall–Kier alpha value is -2.89. The summed E-state index contributed by atoms with van der Waals surface area (Å²) in [7, 11) is 1.56. The number of carbonyl (C=O) groups is 2. The largest absolute Gasteiger partial charge is 0.456 e. The molecule has 9 nitrogen and oxygen atoms in total. The van der Waals surface area contributed by atoms with Crippen molar-refractivity contribution in [3.05, 3.63) is 32.1 Å². The Labute approximate surface area is 156 Å². The van der Waals surface area contributed by atoms with Crippen LogP contribution in [0.2, 0.25) is 0 Å². The quantitative estimate of drug-likeness (QED) is 0.695. The molecular formula is C18H24N4O5. The van der Waals surface area contributed by atoms with Crippen molar-refractivity contribution in [2.75, 3.05) is 13.7 Å². The molecule has 9 heteroatoms. The van der Waals surface area contributed by atoms with Gasteiger partial charge in [-0.2, -0.15) is 5.26 Å². The van der Waals surface area contributed by atoms with Crippen LogP contribution in [-0.4, -0.2) is 45.9 Å². The van der Waals surface area contributed by atoms with Crippen molar-refractivity contribution < 1.29 is 14.3 Å². The van der Waals surface area contributed by atoms with Crippen LogP contribution in [0.25, 0.3) is 0 Å². The number of likely N-dealkylation sites (N-methyl/N-ethyl adjacent to an activating group) is 1. The van der Waals surface area contributed by atoms with Gasteiger partial charge in [0.15, 0.2) is 6.61 Å². The first kappa shape index (κ1) is 20.4. The van der Waals surface area contributed by atoms with Crippen LogP contribution in [0, 0.1) is 18.3 Å². The monoisotopic (exact) mass is 376 g/mol. The molecule has 1 aliphatic rings. The summed E-state index contributed by atoms with van der Waals surface area (Å²) in [5.74, 6) is -1.05. The average Bonchev–Trinajstić information content (AvgIpc) is 2.65. The van der Waals surface area contributed by atoms with Crippen molar-refractivity contribution in [3.63, 3.8) is 0 Å². The summed E-state index contributed by atoms with van der Waals surface area (Å²) < 4.78 is 5.01. The third-order valence-electron chi connectivity index (χ3n) is 5.10. The lowest BCUT2D eigenvalue weighted by Gasteiger charge is -2.38. The van der Waals surface area contributed by atoms with E-state index in [0.717, 1.165) is 19.3 Å². The number of nitrogens with zero attached hydrogens (tertiary/aromatic N) is 2. The van der Waals surface area contributed by atoms with Crippen LogP contribution in [0.1, 0.15) is 49.8 Å². The molecule has 1 saturated carbocycles. The number of aromatic nitrogens is 2. The van der Waals surface area contributed by atoms with Gasteiger partial charge in [-0.25, -0.2) is 4.79 Å². The molecule has 1 heterocycles. The summed E-state index contributed by atoms with van der Waals surface area (Å²) in [6, 6.07) is 2.25. The van der Waals surface area contributed by atoms with Crippen molar-refractivity contribution in [1.82, 2.24) is 14.9 Å². The van der Waals surface area contributed by atoms with Crippen LogP contribution >= 0.6 is 0 Å². The highest BCUT2D eigenvalue weighted by Crippen LogP contribution is 2.32. The predicted octanol–water partition coefficient (Wildman–Crippen LogP) is 0.532. The molecule has 27 heavy (non-hydrogen) atoms. The van der Waals surface area contributed by atoms with E-state index in [4.69, 9.17) is 4.74 Å². The van der Waals surface area contributed by atoms with Gasteiger partial charge in [-0.05, 0) is 26.2 Å². The Morgan fingerprint density at radius 2 is 1.89 bits per heavy atom. The number of hydrogen-bond acceptors (Lipinski definition) is 6. The first-order chi connectivity index (χ1) is 12.8. The van der Waals surface area contributed by atoms with E-state index in [1.54, 1.807) is 14.0 Å². The molecular weight excluding hydrogens is 352 g/mol. The minimum atomic E-state index is -0.831. The number of H-pyrrole nitrogens is 2. The van der Waals surface area contributed by atoms with Gasteiger partial charge in [-0.15, -0.1) is 0 Å². The van der Waals surface area contributed by atoms with Crippen LogP contribution in [0.4, 0.5) is 0 Å². The minimum Gasteiger partial charge on any atom is -0.456 e. The lowest BCUT2D eigenvalue weighted by atomic mass is 9.81. The van der Waals surface area contributed by atoms with Crippen molar-refractivity contribution >= 4 is 11.9 Å². The topological polar surface area (TPSA) is 136 Å². The third kappa shape index (κ3) is 4.84. The molecule has 1 fully saturated rings. The van der Waals surface area contributed by atoms with Crippen LogP contribution in [0.15, 0.2) is 9.59 Å². The molecule has 0 spiro atoms. The van der Waals surface area contributed by atoms with E-state index in [1.165, 1.54) is 4.90 Å². The fourth-order valence-electron chi connectivity index (χ4n) is 3.36. The Kier molecular flexibility index (Phi) is 6.55. The zero-order chi connectivity index (χ0) is 20.0. The Morgan fingerprint density at radius 3 is 2.48 bits per heavy atom. The van der Waals surface area contributed by atoms with Crippen LogP contribution in [0.5, 0.6) is 0 Å². The number of rotatable bonds is 6. The molecule has 146 valence electrons. The molecule has 0 atom stereocenters. The van der Waals surface area contributed by atoms with Gasteiger partial charge in [0.1, 0.15) is 5.54 Å². The van der Waals surface area contributed by atoms with E-state index in [-0.39, 0.29) is 12.8 Å². The minimum absolute atomic E-state index is 0.0863. The Balaban J connectivity index is 1.88. The maximum Gasteiger partial charge on any atom is 0.325 e. The molecule has 1 aromatic heterocycles. The van der Waals surface area contributed by atoms with Gasteiger partial charge in [0.25, 0.3) is 11.5 Å². The van der Waals surface area contributed by atoms with E-state index in [2.05, 4.69) is 16.0 Å². The van der Waals surface area contributed by atoms with E-state index in [0.29, 0.717) is 24.1 Å². The number of nitrogens with one attached hydrogen (secondary N) is 2. The molecule has 0 saturated heterocycles. The van der Waals surface area contributed by atoms with Gasteiger partial charge < -0.3 is 14.6 Å². The molecule has 0 aliphatic heterocycles. The number of amides is 1. The summed E-state index contributed by atoms with van der Waals surface area (Å²) in [5.41, 5.74) is -1.30. The second-order valence-electron chi connectivity index (χ2n) is 6.83. The zero-order valence-electron chi connectivity index (χ0n) is 15.6. The zero-order valence-corrected chi connectivity index (χ0v) is 15.6. The van der Waals surface area contributed by atoms with Gasteiger partial charge in [0.05, 0.1) is 6.07 Å². The molecule has 2 N–H and O–H groups in total. The highest BCUT2D eigenvalue weighted by Gasteiger charge is 2.38. The molecule has 0 radical (unpaired) electrons. The van der Waals surface area contributed by atoms with Crippen LogP contribution < -0.4 is 11.2 Å². The fourth-order valence-corrected chi connectivity index (χ4v) is 3.36. The van der Waals surface area contributed by atoms with Crippen molar-refractivity contribution in [2.45, 2.75) is 57.4 Å². The first-order valence-electron chi connectivity index (χ1n) is 8.95. The van der Waals surface area contributed by atoms with Crippen molar-refractivity contribution in [2.24, 2.45) is 0 Å². The number of hydrogen-bond donors (Lipinski definition) is 2. The number of carbonyl (C=O) groups excluding carboxylic acids is 2. The van der Waals surface area contributed by atoms with Gasteiger partial charge in [-0.3, -0.25) is 19.4 Å². The Morgan fingerprint density at radius 1 is 1.22 bits per heavy atom. The highest BCUT2D eigenvalue weighted by molar-refractivity contribution is 5.81. The molecule has 1 aromatic rings. The summed E-state index contributed by atoms with van der Waals surface area (Å²) in [6.45, 7) is 1.13. The Bertz CT molecular complexity index is 858. The molecule has 2 rings (SSSR count). The summed E-state index contributed by atoms with van der Waals surface area (Å²) in [4.78, 5) is 53.1. The number of aryl methyl sites for hydroxylation is 1. The summed E-state index contributed by atoms with van der Waals surface area (Å²) in [5, 5.41) is 9.51. The number of aromatic amines is 2. The standard InChI is InChI=1S/C18H24N4O5/c1-12-13(16(25)21-17(26)20-12)6-7-15(24)27-10-14(23)22(2)18(11-19)8-4-3-5-9-18/h3-10H2,1-2H3,(H2,20,21,25,26). The number of nitriles is 1. The van der Waals surface area contributed by atoms with Crippen LogP contribution in [0.3, 0.4) is 0 Å². The van der Waals surface area contributed by atoms with Gasteiger partial charge in [0, 0.05) is 24.7 Å². The van der Waals surface area contributed by atoms with E-state index in [9.17, 15) is 24.4 Å². The fraction of sp³-hybridized carbons (Fsp3) is 0.611. The molecule has 0 aromatic carbocycles. The maximum absolute atomic E-state index is 12.3. The smallest absolute Gasteiger partial charge is 0.325 e. The maximum atomic E-state index is 12.3. The van der Waals surface area contributed by atoms with Gasteiger partial charge in [-0.1, -0.05) is 19.3 Å². The van der Waals surface area contributed by atoms with E-state index < -0.39 is 35.3 Å². The van der Waals surface area contributed by atoms with Gasteiger partial charge >= 0.3 is 11.7 Å². The summed E-state index contributed by atoms with van der Waals surface area (Å²) >= 11 is 0. The third-order valence-corrected chi connectivity index (χ3v) is 5.10. The highest BCUT2D eigenvalue weighted by atomic mass is 16.5. The number of esters is 1. The van der Waals surface area contributed by atoms with E-state index >= 15 is 0 Å². The number of ether oxygens (including phenoxy) is 1. The van der Waals surface area contributed by atoms with Crippen molar-refractivity contribution in [1.29, 1.82) is 5.26 Å². The molecule has 0 bridgehead atoms. The first-order valence-corrected chi connectivity index (χ1v) is 8.95. The lowest BCUT2D eigenvalue weighted by molar-refractivity contribution is -0.153. The predicted molar refractivity (Wildman–Crippen MR) is 95.9 cm³/mol. The van der Waals surface area contributed by atoms with Crippen LogP contribution in [-0.2, 0) is 20.7 Å². The second kappa shape index (κ2) is 8.66. The molecule has 1 aliphatic carbocycles. The van der Waals surface area contributed by atoms with Crippen molar-refractivity contribution in [3.8, 4) is 6.07 Å². The molecule has 0 unspecified atom stereocenters. The lowest BCUT2D eigenvalue weighted by Crippen LogP contribution is -2.51. The van der Waals surface area contributed by atoms with E-state index in [1.807, 2.05) is 0 Å². The summed E-state index contributed by atoms with van der Waals surface area (Å²) in [6.07, 6.45) is 4.04. The molecule has 1 amide bonds. The second-order valence-corrected chi connectivity index (χ2v) is 6.83. The van der Waals surface area contributed by atoms with Gasteiger partial charge in [0.2, 0.25) is 0 Å². The SMILES string of the molecule is Cc1[nH]c(=O)[nH]c(=O)c1CCC(=O)OCC(=O)N(C)C1(C#N)CCCCC1. The average molecular weight is 376 g/mol. The normalized spacial score (nSPS) is 15.6.